The normalized spacial score (nSPS) is 17.8. The van der Waals surface area contributed by atoms with Gasteiger partial charge in [0.2, 0.25) is 0 Å². The van der Waals surface area contributed by atoms with Gasteiger partial charge in [0.1, 0.15) is 6.04 Å². The number of benzene rings is 1. The number of nitrogens with zero attached hydrogens (tertiary/aromatic N) is 2. The van der Waals surface area contributed by atoms with Crippen molar-refractivity contribution >= 4 is 11.9 Å². The van der Waals surface area contributed by atoms with Gasteiger partial charge in [0.15, 0.2) is 0 Å². The molecular weight excluding hydrogens is 280 g/mol. The van der Waals surface area contributed by atoms with E-state index < -0.39 is 12.0 Å². The SMILES string of the molecule is CCC(C(=O)O)N1CCCN(C(=O)c2cccc(C)c2)CC1. The molecule has 1 atom stereocenters. The molecule has 1 aromatic rings. The largest absolute Gasteiger partial charge is 0.480 e. The molecular formula is C17H24N2O3. The van der Waals surface area contributed by atoms with Crippen molar-refractivity contribution in [2.24, 2.45) is 0 Å². The van der Waals surface area contributed by atoms with Gasteiger partial charge < -0.3 is 10.0 Å². The zero-order valence-corrected chi connectivity index (χ0v) is 13.3. The van der Waals surface area contributed by atoms with Crippen LogP contribution in [0.5, 0.6) is 0 Å². The lowest BCUT2D eigenvalue weighted by molar-refractivity contribution is -0.143. The van der Waals surface area contributed by atoms with Crippen LogP contribution in [-0.4, -0.2) is 59.0 Å². The number of carbonyl (C=O) groups is 2. The summed E-state index contributed by atoms with van der Waals surface area (Å²) in [6.07, 6.45) is 1.39. The number of amides is 1. The number of aliphatic carboxylic acids is 1. The Morgan fingerprint density at radius 2 is 2.00 bits per heavy atom. The quantitative estimate of drug-likeness (QED) is 0.924. The summed E-state index contributed by atoms with van der Waals surface area (Å²) in [6, 6.07) is 7.15. The van der Waals surface area contributed by atoms with Crippen molar-refractivity contribution < 1.29 is 14.7 Å². The van der Waals surface area contributed by atoms with E-state index in [4.69, 9.17) is 0 Å². The van der Waals surface area contributed by atoms with Crippen LogP contribution in [0.15, 0.2) is 24.3 Å². The van der Waals surface area contributed by atoms with Crippen molar-refractivity contribution in [3.63, 3.8) is 0 Å². The van der Waals surface area contributed by atoms with E-state index in [2.05, 4.69) is 0 Å². The summed E-state index contributed by atoms with van der Waals surface area (Å²) in [7, 11) is 0. The van der Waals surface area contributed by atoms with Gasteiger partial charge >= 0.3 is 5.97 Å². The zero-order chi connectivity index (χ0) is 16.1. The summed E-state index contributed by atoms with van der Waals surface area (Å²) in [5.41, 5.74) is 1.78. The molecule has 1 unspecified atom stereocenters. The molecule has 1 amide bonds. The highest BCUT2D eigenvalue weighted by atomic mass is 16.4. The lowest BCUT2D eigenvalue weighted by Gasteiger charge is -2.26. The minimum Gasteiger partial charge on any atom is -0.480 e. The van der Waals surface area contributed by atoms with E-state index in [1.807, 2.05) is 47.9 Å². The van der Waals surface area contributed by atoms with E-state index in [-0.39, 0.29) is 5.91 Å². The summed E-state index contributed by atoms with van der Waals surface area (Å²) in [5, 5.41) is 9.28. The van der Waals surface area contributed by atoms with Gasteiger partial charge in [-0.3, -0.25) is 14.5 Å². The Labute approximate surface area is 131 Å². The van der Waals surface area contributed by atoms with Gasteiger partial charge in [-0.1, -0.05) is 24.6 Å². The Bertz CT molecular complexity index is 544. The molecule has 1 saturated heterocycles. The second-order valence-electron chi connectivity index (χ2n) is 5.81. The van der Waals surface area contributed by atoms with Crippen LogP contribution in [0, 0.1) is 6.92 Å². The Balaban J connectivity index is 2.04. The minimum absolute atomic E-state index is 0.0360. The number of carbonyl (C=O) groups excluding carboxylic acids is 1. The first-order chi connectivity index (χ1) is 10.5. The molecule has 1 aromatic carbocycles. The summed E-state index contributed by atoms with van der Waals surface area (Å²) >= 11 is 0. The maximum atomic E-state index is 12.6. The third-order valence-electron chi connectivity index (χ3n) is 4.20. The fourth-order valence-corrected chi connectivity index (χ4v) is 3.00. The fraction of sp³-hybridized carbons (Fsp3) is 0.529. The van der Waals surface area contributed by atoms with Gasteiger partial charge in [0, 0.05) is 31.7 Å². The molecule has 0 bridgehead atoms. The number of carboxylic acid groups (broad SMARTS) is 1. The summed E-state index contributed by atoms with van der Waals surface area (Å²) in [5.74, 6) is -0.741. The first-order valence-electron chi connectivity index (χ1n) is 7.85. The Hall–Kier alpha value is -1.88. The van der Waals surface area contributed by atoms with Crippen LogP contribution in [0.2, 0.25) is 0 Å². The molecule has 1 fully saturated rings. The molecule has 0 aliphatic carbocycles. The third kappa shape index (κ3) is 3.85. The van der Waals surface area contributed by atoms with Crippen LogP contribution in [-0.2, 0) is 4.79 Å². The number of hydrogen-bond donors (Lipinski definition) is 1. The second-order valence-corrected chi connectivity index (χ2v) is 5.81. The summed E-state index contributed by atoms with van der Waals surface area (Å²) < 4.78 is 0. The van der Waals surface area contributed by atoms with Crippen molar-refractivity contribution in [1.29, 1.82) is 0 Å². The van der Waals surface area contributed by atoms with Crippen molar-refractivity contribution in [2.75, 3.05) is 26.2 Å². The minimum atomic E-state index is -0.777. The van der Waals surface area contributed by atoms with Crippen LogP contribution >= 0.6 is 0 Å². The van der Waals surface area contributed by atoms with Gasteiger partial charge in [-0.25, -0.2) is 0 Å². The van der Waals surface area contributed by atoms with Gasteiger partial charge in [-0.05, 0) is 31.9 Å². The monoisotopic (exact) mass is 304 g/mol. The third-order valence-corrected chi connectivity index (χ3v) is 4.20. The highest BCUT2D eigenvalue weighted by Gasteiger charge is 2.27. The molecule has 0 radical (unpaired) electrons. The Morgan fingerprint density at radius 1 is 1.23 bits per heavy atom. The number of aryl methyl sites for hydroxylation is 1. The van der Waals surface area contributed by atoms with E-state index in [9.17, 15) is 14.7 Å². The van der Waals surface area contributed by atoms with Gasteiger partial charge in [0.25, 0.3) is 5.91 Å². The second kappa shape index (κ2) is 7.40. The molecule has 2 rings (SSSR count). The van der Waals surface area contributed by atoms with Crippen LogP contribution in [0.1, 0.15) is 35.7 Å². The summed E-state index contributed by atoms with van der Waals surface area (Å²) in [4.78, 5) is 27.7. The van der Waals surface area contributed by atoms with Gasteiger partial charge in [0.05, 0.1) is 0 Å². The summed E-state index contributed by atoms with van der Waals surface area (Å²) in [6.45, 7) is 6.46. The average Bonchev–Trinajstić information content (AvgIpc) is 2.73. The molecule has 5 nitrogen and oxygen atoms in total. The first-order valence-corrected chi connectivity index (χ1v) is 7.85. The number of hydrogen-bond acceptors (Lipinski definition) is 3. The predicted molar refractivity (Wildman–Crippen MR) is 85.0 cm³/mol. The van der Waals surface area contributed by atoms with Crippen LogP contribution in [0.25, 0.3) is 0 Å². The van der Waals surface area contributed by atoms with Crippen molar-refractivity contribution in [1.82, 2.24) is 9.80 Å². The molecule has 1 heterocycles. The number of carboxylic acids is 1. The van der Waals surface area contributed by atoms with Crippen molar-refractivity contribution in [2.45, 2.75) is 32.7 Å². The van der Waals surface area contributed by atoms with E-state index >= 15 is 0 Å². The van der Waals surface area contributed by atoms with Crippen LogP contribution in [0.4, 0.5) is 0 Å². The van der Waals surface area contributed by atoms with E-state index in [0.717, 1.165) is 18.5 Å². The molecule has 1 N–H and O–H groups in total. The van der Waals surface area contributed by atoms with Gasteiger partial charge in [-0.2, -0.15) is 0 Å². The topological polar surface area (TPSA) is 60.9 Å². The van der Waals surface area contributed by atoms with E-state index in [0.29, 0.717) is 31.6 Å². The first kappa shape index (κ1) is 16.5. The van der Waals surface area contributed by atoms with E-state index in [1.165, 1.54) is 0 Å². The molecule has 5 heteroatoms. The smallest absolute Gasteiger partial charge is 0.320 e. The predicted octanol–water partition coefficient (Wildman–Crippen LogP) is 2.01. The zero-order valence-electron chi connectivity index (χ0n) is 13.3. The lowest BCUT2D eigenvalue weighted by Crippen LogP contribution is -2.43. The van der Waals surface area contributed by atoms with Gasteiger partial charge in [-0.15, -0.1) is 0 Å². The Morgan fingerprint density at radius 3 is 2.64 bits per heavy atom. The standard InChI is InChI=1S/C17H24N2O3/c1-3-15(17(21)22)18-8-5-9-19(11-10-18)16(20)14-7-4-6-13(2)12-14/h4,6-7,12,15H,3,5,8-11H2,1-2H3,(H,21,22). The highest BCUT2D eigenvalue weighted by molar-refractivity contribution is 5.94. The molecule has 1 aliphatic rings. The molecule has 0 saturated carbocycles. The highest BCUT2D eigenvalue weighted by Crippen LogP contribution is 2.13. The molecule has 120 valence electrons. The molecule has 0 aromatic heterocycles. The van der Waals surface area contributed by atoms with Crippen LogP contribution < -0.4 is 0 Å². The Kier molecular flexibility index (Phi) is 5.55. The molecule has 22 heavy (non-hydrogen) atoms. The van der Waals surface area contributed by atoms with Crippen LogP contribution in [0.3, 0.4) is 0 Å². The fourth-order valence-electron chi connectivity index (χ4n) is 3.00. The number of rotatable bonds is 4. The molecule has 1 aliphatic heterocycles. The average molecular weight is 304 g/mol. The van der Waals surface area contributed by atoms with Crippen molar-refractivity contribution in [3.8, 4) is 0 Å². The maximum Gasteiger partial charge on any atom is 0.320 e. The molecule has 0 spiro atoms. The maximum absolute atomic E-state index is 12.6. The lowest BCUT2D eigenvalue weighted by atomic mass is 10.1. The van der Waals surface area contributed by atoms with E-state index in [1.54, 1.807) is 0 Å². The van der Waals surface area contributed by atoms with Crippen molar-refractivity contribution in [3.05, 3.63) is 35.4 Å².